The minimum absolute atomic E-state index is 0.0504. The van der Waals surface area contributed by atoms with Crippen molar-refractivity contribution in [1.82, 2.24) is 0 Å². The lowest BCUT2D eigenvalue weighted by molar-refractivity contribution is -0.142. The summed E-state index contributed by atoms with van der Waals surface area (Å²) >= 11 is 1.33. The monoisotopic (exact) mass is 346 g/mol. The first-order valence-electron chi connectivity index (χ1n) is 7.28. The minimum atomic E-state index is -0.575. The van der Waals surface area contributed by atoms with Crippen LogP contribution in [-0.4, -0.2) is 30.9 Å². The number of benzene rings is 1. The number of carbonyl (C=O) groups is 3. The van der Waals surface area contributed by atoms with Gasteiger partial charge in [-0.25, -0.2) is 0 Å². The number of hydrogen-bond donors (Lipinski definition) is 0. The molecule has 1 aliphatic rings. The zero-order valence-corrected chi connectivity index (χ0v) is 13.5. The molecule has 1 aliphatic heterocycles. The maximum Gasteiger partial charge on any atom is 0.306 e. The Labute approximate surface area is 142 Å². The Kier molecular flexibility index (Phi) is 4.90. The van der Waals surface area contributed by atoms with E-state index in [1.807, 2.05) is 0 Å². The van der Waals surface area contributed by atoms with Crippen molar-refractivity contribution in [2.45, 2.75) is 12.8 Å². The Morgan fingerprint density at radius 3 is 2.67 bits per heavy atom. The molecule has 6 nitrogen and oxygen atoms in total. The van der Waals surface area contributed by atoms with Crippen LogP contribution in [0.4, 0.5) is 0 Å². The molecule has 0 bridgehead atoms. The van der Waals surface area contributed by atoms with Gasteiger partial charge in [-0.3, -0.25) is 14.4 Å². The first-order valence-corrected chi connectivity index (χ1v) is 8.16. The topological polar surface area (TPSA) is 78.9 Å². The van der Waals surface area contributed by atoms with E-state index in [1.54, 1.807) is 35.7 Å². The summed E-state index contributed by atoms with van der Waals surface area (Å²) in [4.78, 5) is 36.1. The molecule has 24 heavy (non-hydrogen) atoms. The highest BCUT2D eigenvalue weighted by molar-refractivity contribution is 7.12. The highest BCUT2D eigenvalue weighted by Crippen LogP contribution is 2.32. The lowest BCUT2D eigenvalue weighted by Gasteiger charge is -2.05. The second-order valence-corrected chi connectivity index (χ2v) is 6.00. The average Bonchev–Trinajstić information content (AvgIpc) is 3.27. The van der Waals surface area contributed by atoms with E-state index in [0.29, 0.717) is 21.9 Å². The van der Waals surface area contributed by atoms with Gasteiger partial charge in [0.05, 0.1) is 11.3 Å². The third kappa shape index (κ3) is 3.80. The molecule has 7 heteroatoms. The number of thiophene rings is 1. The highest BCUT2D eigenvalue weighted by atomic mass is 32.1. The molecule has 1 aromatic heterocycles. The molecule has 0 saturated carbocycles. The summed E-state index contributed by atoms with van der Waals surface area (Å²) in [6.07, 6.45) is 0.0166. The van der Waals surface area contributed by atoms with Crippen molar-refractivity contribution in [2.75, 3.05) is 13.4 Å². The van der Waals surface area contributed by atoms with E-state index < -0.39 is 5.97 Å². The number of esters is 1. The molecule has 0 radical (unpaired) electrons. The van der Waals surface area contributed by atoms with E-state index in [4.69, 9.17) is 14.2 Å². The van der Waals surface area contributed by atoms with E-state index in [9.17, 15) is 14.4 Å². The van der Waals surface area contributed by atoms with Gasteiger partial charge in [0.25, 0.3) is 0 Å². The molecule has 2 aromatic rings. The predicted molar refractivity (Wildman–Crippen MR) is 85.7 cm³/mol. The van der Waals surface area contributed by atoms with Gasteiger partial charge >= 0.3 is 5.97 Å². The van der Waals surface area contributed by atoms with Crippen molar-refractivity contribution >= 4 is 28.9 Å². The molecule has 1 aromatic carbocycles. The van der Waals surface area contributed by atoms with E-state index >= 15 is 0 Å². The summed E-state index contributed by atoms with van der Waals surface area (Å²) in [6, 6.07) is 8.27. The quantitative estimate of drug-likeness (QED) is 0.567. The fourth-order valence-electron chi connectivity index (χ4n) is 2.15. The summed E-state index contributed by atoms with van der Waals surface area (Å²) in [5, 5.41) is 1.80. The van der Waals surface area contributed by atoms with Crippen molar-refractivity contribution in [3.05, 3.63) is 46.2 Å². The molecule has 0 unspecified atom stereocenters. The molecular formula is C17H14O6S. The SMILES string of the molecule is O=C(CCC(=O)c1cccs1)OCC(=O)c1ccc2c(c1)OCO2. The molecule has 0 N–H and O–H groups in total. The first kappa shape index (κ1) is 16.2. The third-order valence-corrected chi connectivity index (χ3v) is 4.32. The molecule has 3 rings (SSSR count). The van der Waals surface area contributed by atoms with Gasteiger partial charge in [0.1, 0.15) is 0 Å². The molecule has 2 heterocycles. The number of rotatable bonds is 7. The number of Topliss-reactive ketones (excluding diaryl/α,β-unsaturated/α-hetero) is 2. The molecular weight excluding hydrogens is 332 g/mol. The normalized spacial score (nSPS) is 12.0. The Morgan fingerprint density at radius 1 is 1.04 bits per heavy atom. The fourth-order valence-corrected chi connectivity index (χ4v) is 2.84. The Bertz CT molecular complexity index is 765. The van der Waals surface area contributed by atoms with E-state index in [0.717, 1.165) is 0 Å². The molecule has 0 spiro atoms. The van der Waals surface area contributed by atoms with Crippen LogP contribution in [0.15, 0.2) is 35.7 Å². The molecule has 0 amide bonds. The second kappa shape index (κ2) is 7.27. The van der Waals surface area contributed by atoms with Crippen LogP contribution in [-0.2, 0) is 9.53 Å². The van der Waals surface area contributed by atoms with E-state index in [2.05, 4.69) is 0 Å². The maximum atomic E-state index is 12.0. The van der Waals surface area contributed by atoms with Crippen molar-refractivity contribution in [3.63, 3.8) is 0 Å². The average molecular weight is 346 g/mol. The van der Waals surface area contributed by atoms with Crippen LogP contribution < -0.4 is 9.47 Å². The zero-order valence-electron chi connectivity index (χ0n) is 12.7. The Hall–Kier alpha value is -2.67. The largest absolute Gasteiger partial charge is 0.457 e. The summed E-state index contributed by atoms with van der Waals surface area (Å²) in [6.45, 7) is -0.244. The van der Waals surface area contributed by atoms with Crippen molar-refractivity contribution in [1.29, 1.82) is 0 Å². The van der Waals surface area contributed by atoms with Crippen molar-refractivity contribution in [2.24, 2.45) is 0 Å². The lowest BCUT2D eigenvalue weighted by atomic mass is 10.1. The van der Waals surface area contributed by atoms with Gasteiger partial charge < -0.3 is 14.2 Å². The van der Waals surface area contributed by atoms with E-state index in [1.165, 1.54) is 11.3 Å². The number of carbonyl (C=O) groups excluding carboxylic acids is 3. The summed E-state index contributed by atoms with van der Waals surface area (Å²) in [7, 11) is 0. The molecule has 0 saturated heterocycles. The van der Waals surface area contributed by atoms with Crippen LogP contribution >= 0.6 is 11.3 Å². The van der Waals surface area contributed by atoms with Crippen LogP contribution in [0.25, 0.3) is 0 Å². The third-order valence-electron chi connectivity index (χ3n) is 3.41. The van der Waals surface area contributed by atoms with Crippen LogP contribution in [0, 0.1) is 0 Å². The predicted octanol–water partition coefficient (Wildman–Crippen LogP) is 2.87. The first-order chi connectivity index (χ1) is 11.6. The molecule has 0 aliphatic carbocycles. The van der Waals surface area contributed by atoms with E-state index in [-0.39, 0.29) is 37.8 Å². The number of hydrogen-bond acceptors (Lipinski definition) is 7. The smallest absolute Gasteiger partial charge is 0.306 e. The van der Waals surface area contributed by atoms with Crippen LogP contribution in [0.2, 0.25) is 0 Å². The highest BCUT2D eigenvalue weighted by Gasteiger charge is 2.17. The van der Waals surface area contributed by atoms with Gasteiger partial charge in [0, 0.05) is 12.0 Å². The molecule has 0 atom stereocenters. The Balaban J connectivity index is 1.45. The van der Waals surface area contributed by atoms with Gasteiger partial charge in [-0.2, -0.15) is 0 Å². The van der Waals surface area contributed by atoms with Gasteiger partial charge in [-0.05, 0) is 29.6 Å². The maximum absolute atomic E-state index is 12.0. The van der Waals surface area contributed by atoms with Gasteiger partial charge in [-0.1, -0.05) is 6.07 Å². The zero-order chi connectivity index (χ0) is 16.9. The van der Waals surface area contributed by atoms with Gasteiger partial charge in [-0.15, -0.1) is 11.3 Å². The summed E-state index contributed by atoms with van der Waals surface area (Å²) in [5.41, 5.74) is 0.377. The van der Waals surface area contributed by atoms with Gasteiger partial charge in [0.15, 0.2) is 29.7 Å². The number of ether oxygens (including phenoxy) is 3. The van der Waals surface area contributed by atoms with Gasteiger partial charge in [0.2, 0.25) is 6.79 Å². The number of ketones is 2. The van der Waals surface area contributed by atoms with Crippen LogP contribution in [0.3, 0.4) is 0 Å². The van der Waals surface area contributed by atoms with Crippen molar-refractivity contribution in [3.8, 4) is 11.5 Å². The fraction of sp³-hybridized carbons (Fsp3) is 0.235. The van der Waals surface area contributed by atoms with Crippen molar-refractivity contribution < 1.29 is 28.6 Å². The van der Waals surface area contributed by atoms with Crippen LogP contribution in [0.5, 0.6) is 11.5 Å². The Morgan fingerprint density at radius 2 is 1.88 bits per heavy atom. The molecule has 0 fully saturated rings. The minimum Gasteiger partial charge on any atom is -0.457 e. The number of fused-ring (bicyclic) bond motifs is 1. The molecule has 124 valence electrons. The lowest BCUT2D eigenvalue weighted by Crippen LogP contribution is -2.15. The standard InChI is InChI=1S/C17H14O6S/c18-12(16-2-1-7-24-16)4-6-17(20)21-9-13(19)11-3-5-14-15(8-11)23-10-22-14/h1-3,5,7-8H,4,6,9-10H2. The second-order valence-electron chi connectivity index (χ2n) is 5.05. The summed E-state index contributed by atoms with van der Waals surface area (Å²) in [5.74, 6) is 0.0497. The van der Waals surface area contributed by atoms with Crippen LogP contribution in [0.1, 0.15) is 32.9 Å². The summed E-state index contributed by atoms with van der Waals surface area (Å²) < 4.78 is 15.3.